The zero-order chi connectivity index (χ0) is 16.2. The number of halogens is 1. The normalized spacial score (nSPS) is 12.1. The number of fused-ring (bicyclic) bond motifs is 1. The first-order valence-electron chi connectivity index (χ1n) is 7.28. The van der Waals surface area contributed by atoms with Crippen LogP contribution in [0.25, 0.3) is 0 Å². The van der Waals surface area contributed by atoms with E-state index in [9.17, 15) is 4.79 Å². The van der Waals surface area contributed by atoms with Gasteiger partial charge >= 0.3 is 0 Å². The minimum absolute atomic E-state index is 0.132. The summed E-state index contributed by atoms with van der Waals surface area (Å²) in [7, 11) is 1.97. The second kappa shape index (κ2) is 6.79. The number of hydrogen-bond donors (Lipinski definition) is 1. The predicted octanol–water partition coefficient (Wildman–Crippen LogP) is 2.93. The van der Waals surface area contributed by atoms with Crippen LogP contribution in [0, 0.1) is 0 Å². The number of amides is 1. The highest BCUT2D eigenvalue weighted by Gasteiger charge is 2.16. The molecular formula is C17H17ClN2O3. The second-order valence-electron chi connectivity index (χ2n) is 5.22. The van der Waals surface area contributed by atoms with Gasteiger partial charge in [-0.2, -0.15) is 0 Å². The van der Waals surface area contributed by atoms with E-state index >= 15 is 0 Å². The van der Waals surface area contributed by atoms with Crippen LogP contribution in [-0.4, -0.2) is 32.8 Å². The molecule has 1 amide bonds. The minimum atomic E-state index is -0.132. The molecule has 1 aliphatic heterocycles. The molecule has 2 aromatic rings. The van der Waals surface area contributed by atoms with Crippen LogP contribution in [0.1, 0.15) is 10.4 Å². The number of nitrogens with zero attached hydrogens (tertiary/aromatic N) is 1. The Bertz CT molecular complexity index is 703. The Morgan fingerprint density at radius 1 is 1.17 bits per heavy atom. The van der Waals surface area contributed by atoms with Gasteiger partial charge < -0.3 is 19.7 Å². The molecule has 5 nitrogen and oxygen atoms in total. The van der Waals surface area contributed by atoms with E-state index in [0.717, 1.165) is 5.69 Å². The van der Waals surface area contributed by atoms with E-state index in [0.29, 0.717) is 35.2 Å². The number of anilines is 1. The highest BCUT2D eigenvalue weighted by atomic mass is 35.5. The van der Waals surface area contributed by atoms with E-state index in [4.69, 9.17) is 21.1 Å². The summed E-state index contributed by atoms with van der Waals surface area (Å²) in [5, 5.41) is 3.61. The molecule has 0 aromatic heterocycles. The van der Waals surface area contributed by atoms with Crippen LogP contribution < -0.4 is 19.7 Å². The standard InChI is InChI=1S/C17H17ClN2O3/c1-20(14-5-3-13(18)4-6-14)9-8-19-17(21)12-2-7-15-16(10-12)23-11-22-15/h2-7,10H,8-9,11H2,1H3,(H,19,21). The summed E-state index contributed by atoms with van der Waals surface area (Å²) in [6, 6.07) is 12.8. The number of carbonyl (C=O) groups is 1. The van der Waals surface area contributed by atoms with Crippen molar-refractivity contribution in [3.8, 4) is 11.5 Å². The molecular weight excluding hydrogens is 316 g/mol. The van der Waals surface area contributed by atoms with Crippen LogP contribution in [0.4, 0.5) is 5.69 Å². The van der Waals surface area contributed by atoms with Gasteiger partial charge in [0, 0.05) is 36.4 Å². The third kappa shape index (κ3) is 3.68. The van der Waals surface area contributed by atoms with Crippen molar-refractivity contribution in [2.24, 2.45) is 0 Å². The van der Waals surface area contributed by atoms with E-state index < -0.39 is 0 Å². The van der Waals surface area contributed by atoms with Crippen LogP contribution >= 0.6 is 11.6 Å². The molecule has 0 unspecified atom stereocenters. The second-order valence-corrected chi connectivity index (χ2v) is 5.66. The molecule has 0 radical (unpaired) electrons. The molecule has 23 heavy (non-hydrogen) atoms. The van der Waals surface area contributed by atoms with Crippen molar-refractivity contribution < 1.29 is 14.3 Å². The van der Waals surface area contributed by atoms with Gasteiger partial charge in [0.2, 0.25) is 6.79 Å². The summed E-state index contributed by atoms with van der Waals surface area (Å²) in [5.74, 6) is 1.15. The van der Waals surface area contributed by atoms with Gasteiger partial charge in [-0.15, -0.1) is 0 Å². The molecule has 6 heteroatoms. The third-order valence-corrected chi connectivity index (χ3v) is 3.89. The molecule has 0 atom stereocenters. The van der Waals surface area contributed by atoms with Gasteiger partial charge in [-0.1, -0.05) is 11.6 Å². The number of likely N-dealkylation sites (N-methyl/N-ethyl adjacent to an activating group) is 1. The van der Waals surface area contributed by atoms with Crippen molar-refractivity contribution in [3.05, 3.63) is 53.1 Å². The Hall–Kier alpha value is -2.40. The van der Waals surface area contributed by atoms with Crippen LogP contribution in [0.3, 0.4) is 0 Å². The van der Waals surface area contributed by atoms with E-state index in [-0.39, 0.29) is 12.7 Å². The van der Waals surface area contributed by atoms with Crippen LogP contribution in [0.5, 0.6) is 11.5 Å². The minimum Gasteiger partial charge on any atom is -0.454 e. The summed E-state index contributed by atoms with van der Waals surface area (Å²) in [4.78, 5) is 14.2. The molecule has 0 aliphatic carbocycles. The maximum Gasteiger partial charge on any atom is 0.251 e. The lowest BCUT2D eigenvalue weighted by molar-refractivity contribution is 0.0954. The zero-order valence-corrected chi connectivity index (χ0v) is 13.5. The molecule has 0 bridgehead atoms. The Morgan fingerprint density at radius 3 is 2.70 bits per heavy atom. The average molecular weight is 333 g/mol. The van der Waals surface area contributed by atoms with Crippen molar-refractivity contribution in [2.45, 2.75) is 0 Å². The maximum atomic E-state index is 12.2. The first kappa shape index (κ1) is 15.5. The van der Waals surface area contributed by atoms with Crippen molar-refractivity contribution in [1.29, 1.82) is 0 Å². The lowest BCUT2D eigenvalue weighted by Crippen LogP contribution is -2.32. The number of rotatable bonds is 5. The van der Waals surface area contributed by atoms with Crippen LogP contribution in [0.2, 0.25) is 5.02 Å². The van der Waals surface area contributed by atoms with Gasteiger partial charge in [0.25, 0.3) is 5.91 Å². The average Bonchev–Trinajstić information content (AvgIpc) is 3.02. The number of carbonyl (C=O) groups excluding carboxylic acids is 1. The van der Waals surface area contributed by atoms with Crippen molar-refractivity contribution in [1.82, 2.24) is 5.32 Å². The van der Waals surface area contributed by atoms with Crippen molar-refractivity contribution >= 4 is 23.2 Å². The SMILES string of the molecule is CN(CCNC(=O)c1ccc2c(c1)OCO2)c1ccc(Cl)cc1. The highest BCUT2D eigenvalue weighted by Crippen LogP contribution is 2.32. The first-order valence-corrected chi connectivity index (χ1v) is 7.66. The maximum absolute atomic E-state index is 12.2. The molecule has 120 valence electrons. The molecule has 0 fully saturated rings. The number of ether oxygens (including phenoxy) is 2. The lowest BCUT2D eigenvalue weighted by Gasteiger charge is -2.19. The summed E-state index contributed by atoms with van der Waals surface area (Å²) < 4.78 is 10.5. The lowest BCUT2D eigenvalue weighted by atomic mass is 10.2. The largest absolute Gasteiger partial charge is 0.454 e. The molecule has 0 saturated heterocycles. The Kier molecular flexibility index (Phi) is 4.57. The fourth-order valence-electron chi connectivity index (χ4n) is 2.30. The topological polar surface area (TPSA) is 50.8 Å². The monoisotopic (exact) mass is 332 g/mol. The van der Waals surface area contributed by atoms with E-state index in [1.807, 2.05) is 31.3 Å². The molecule has 1 N–H and O–H groups in total. The quantitative estimate of drug-likeness (QED) is 0.914. The number of benzene rings is 2. The van der Waals surface area contributed by atoms with Gasteiger partial charge in [0.05, 0.1) is 0 Å². The van der Waals surface area contributed by atoms with Crippen molar-refractivity contribution in [3.63, 3.8) is 0 Å². The summed E-state index contributed by atoms with van der Waals surface area (Å²) in [6.45, 7) is 1.43. The summed E-state index contributed by atoms with van der Waals surface area (Å²) >= 11 is 5.88. The number of nitrogens with one attached hydrogen (secondary N) is 1. The molecule has 3 rings (SSSR count). The van der Waals surface area contributed by atoms with Gasteiger partial charge in [0.1, 0.15) is 0 Å². The Labute approximate surface area is 139 Å². The molecule has 2 aromatic carbocycles. The zero-order valence-electron chi connectivity index (χ0n) is 12.7. The Balaban J connectivity index is 1.52. The summed E-state index contributed by atoms with van der Waals surface area (Å²) in [5.41, 5.74) is 1.61. The fourth-order valence-corrected chi connectivity index (χ4v) is 2.43. The van der Waals surface area contributed by atoms with Crippen LogP contribution in [0.15, 0.2) is 42.5 Å². The van der Waals surface area contributed by atoms with E-state index in [2.05, 4.69) is 10.2 Å². The van der Waals surface area contributed by atoms with Gasteiger partial charge in [-0.3, -0.25) is 4.79 Å². The van der Waals surface area contributed by atoms with Crippen LogP contribution in [-0.2, 0) is 0 Å². The Morgan fingerprint density at radius 2 is 1.91 bits per heavy atom. The third-order valence-electron chi connectivity index (χ3n) is 3.63. The van der Waals surface area contributed by atoms with Gasteiger partial charge in [-0.25, -0.2) is 0 Å². The predicted molar refractivity (Wildman–Crippen MR) is 89.6 cm³/mol. The van der Waals surface area contributed by atoms with Gasteiger partial charge in [0.15, 0.2) is 11.5 Å². The molecule has 0 spiro atoms. The van der Waals surface area contributed by atoms with Crippen molar-refractivity contribution in [2.75, 3.05) is 31.8 Å². The molecule has 0 saturated carbocycles. The smallest absolute Gasteiger partial charge is 0.251 e. The molecule has 1 aliphatic rings. The summed E-state index contributed by atoms with van der Waals surface area (Å²) in [6.07, 6.45) is 0. The van der Waals surface area contributed by atoms with E-state index in [1.165, 1.54) is 0 Å². The number of hydrogen-bond acceptors (Lipinski definition) is 4. The fraction of sp³-hybridized carbons (Fsp3) is 0.235. The van der Waals surface area contributed by atoms with Gasteiger partial charge in [-0.05, 0) is 42.5 Å². The van der Waals surface area contributed by atoms with E-state index in [1.54, 1.807) is 18.2 Å². The molecule has 1 heterocycles. The first-order chi connectivity index (χ1) is 11.1. The highest BCUT2D eigenvalue weighted by molar-refractivity contribution is 6.30.